The van der Waals surface area contributed by atoms with Crippen molar-refractivity contribution in [1.29, 1.82) is 0 Å². The summed E-state index contributed by atoms with van der Waals surface area (Å²) in [6.45, 7) is 0.948. The van der Waals surface area contributed by atoms with Gasteiger partial charge in [-0.3, -0.25) is 9.69 Å². The number of nitrogens with zero attached hydrogens (tertiary/aromatic N) is 1. The fourth-order valence-electron chi connectivity index (χ4n) is 4.89. The number of ether oxygens (including phenoxy) is 1. The lowest BCUT2D eigenvalue weighted by molar-refractivity contribution is -0.126. The molecule has 0 saturated carbocycles. The van der Waals surface area contributed by atoms with Crippen molar-refractivity contribution in [1.82, 2.24) is 4.90 Å². The molecule has 4 rings (SSSR count). The molecule has 2 heterocycles. The van der Waals surface area contributed by atoms with Crippen molar-refractivity contribution in [3.63, 3.8) is 0 Å². The van der Waals surface area contributed by atoms with Gasteiger partial charge in [-0.1, -0.05) is 42.5 Å². The summed E-state index contributed by atoms with van der Waals surface area (Å²) < 4.78 is 5.38. The Labute approximate surface area is 155 Å². The Morgan fingerprint density at radius 1 is 1.12 bits per heavy atom. The first kappa shape index (κ1) is 17.1. The molecule has 0 aromatic heterocycles. The minimum atomic E-state index is -0.590. The molecular formula is C22H26N2O2. The number of hydrogen-bond acceptors (Lipinski definition) is 3. The summed E-state index contributed by atoms with van der Waals surface area (Å²) in [6, 6.07) is 19.3. The van der Waals surface area contributed by atoms with Crippen molar-refractivity contribution < 1.29 is 9.53 Å². The highest BCUT2D eigenvalue weighted by Crippen LogP contribution is 2.48. The Morgan fingerprint density at radius 3 is 2.42 bits per heavy atom. The minimum absolute atomic E-state index is 0.206. The highest BCUT2D eigenvalue weighted by atomic mass is 16.5. The van der Waals surface area contributed by atoms with E-state index < -0.39 is 5.41 Å². The number of rotatable bonds is 5. The van der Waals surface area contributed by atoms with E-state index in [0.29, 0.717) is 12.1 Å². The molecule has 2 unspecified atom stereocenters. The monoisotopic (exact) mass is 350 g/mol. The Kier molecular flexibility index (Phi) is 4.45. The number of carbonyl (C=O) groups excluding carboxylic acids is 1. The van der Waals surface area contributed by atoms with Gasteiger partial charge in [-0.2, -0.15) is 0 Å². The first-order valence-corrected chi connectivity index (χ1v) is 9.36. The van der Waals surface area contributed by atoms with Crippen LogP contribution in [0.15, 0.2) is 54.6 Å². The van der Waals surface area contributed by atoms with Gasteiger partial charge < -0.3 is 10.5 Å². The van der Waals surface area contributed by atoms with E-state index in [-0.39, 0.29) is 5.91 Å². The third-order valence-corrected chi connectivity index (χ3v) is 6.24. The second-order valence-corrected chi connectivity index (χ2v) is 7.63. The topological polar surface area (TPSA) is 55.6 Å². The van der Waals surface area contributed by atoms with Crippen LogP contribution in [-0.2, 0) is 16.8 Å². The minimum Gasteiger partial charge on any atom is -0.497 e. The van der Waals surface area contributed by atoms with E-state index in [1.54, 1.807) is 7.11 Å². The van der Waals surface area contributed by atoms with E-state index in [1.807, 2.05) is 24.3 Å². The molecule has 2 aliphatic rings. The van der Waals surface area contributed by atoms with Gasteiger partial charge in [0.2, 0.25) is 5.91 Å². The number of benzene rings is 2. The Balaban J connectivity index is 1.63. The van der Waals surface area contributed by atoms with Crippen molar-refractivity contribution in [3.8, 4) is 5.75 Å². The number of piperidine rings is 1. The first-order valence-electron chi connectivity index (χ1n) is 9.36. The molecule has 0 radical (unpaired) electrons. The molecule has 4 nitrogen and oxygen atoms in total. The van der Waals surface area contributed by atoms with E-state index in [1.165, 1.54) is 5.56 Å². The van der Waals surface area contributed by atoms with Crippen LogP contribution < -0.4 is 10.5 Å². The molecule has 4 heteroatoms. The summed E-state index contributed by atoms with van der Waals surface area (Å²) in [5, 5.41) is 0. The number of amides is 1. The van der Waals surface area contributed by atoms with Gasteiger partial charge in [0.25, 0.3) is 0 Å². The van der Waals surface area contributed by atoms with Gasteiger partial charge in [-0.25, -0.2) is 0 Å². The SMILES string of the molecule is COc1cccc(C2(C(N)=O)CC3CCC(C2)N3Cc2ccccc2)c1. The van der Waals surface area contributed by atoms with Gasteiger partial charge in [-0.15, -0.1) is 0 Å². The predicted molar refractivity (Wildman–Crippen MR) is 102 cm³/mol. The van der Waals surface area contributed by atoms with Crippen molar-refractivity contribution in [2.75, 3.05) is 7.11 Å². The van der Waals surface area contributed by atoms with Gasteiger partial charge in [-0.05, 0) is 48.9 Å². The van der Waals surface area contributed by atoms with Gasteiger partial charge in [0.1, 0.15) is 5.75 Å². The van der Waals surface area contributed by atoms with Crippen molar-refractivity contribution in [3.05, 3.63) is 65.7 Å². The molecule has 2 bridgehead atoms. The van der Waals surface area contributed by atoms with Crippen LogP contribution in [0.25, 0.3) is 0 Å². The van der Waals surface area contributed by atoms with E-state index in [9.17, 15) is 4.79 Å². The predicted octanol–water partition coefficient (Wildman–Crippen LogP) is 3.25. The van der Waals surface area contributed by atoms with Crippen LogP contribution in [0.3, 0.4) is 0 Å². The summed E-state index contributed by atoms with van der Waals surface area (Å²) in [7, 11) is 1.65. The maximum Gasteiger partial charge on any atom is 0.228 e. The van der Waals surface area contributed by atoms with Crippen molar-refractivity contribution in [2.24, 2.45) is 5.73 Å². The van der Waals surface area contributed by atoms with Gasteiger partial charge >= 0.3 is 0 Å². The van der Waals surface area contributed by atoms with Gasteiger partial charge in [0, 0.05) is 18.6 Å². The zero-order valence-electron chi connectivity index (χ0n) is 15.2. The largest absolute Gasteiger partial charge is 0.497 e. The first-order chi connectivity index (χ1) is 12.6. The number of hydrogen-bond donors (Lipinski definition) is 1. The summed E-state index contributed by atoms with van der Waals surface area (Å²) >= 11 is 0. The normalized spacial score (nSPS) is 28.0. The molecule has 2 aromatic carbocycles. The molecule has 136 valence electrons. The van der Waals surface area contributed by atoms with Crippen LogP contribution in [0.2, 0.25) is 0 Å². The van der Waals surface area contributed by atoms with Gasteiger partial charge in [0.15, 0.2) is 0 Å². The summed E-state index contributed by atoms with van der Waals surface area (Å²) in [5.74, 6) is 0.573. The average molecular weight is 350 g/mol. The summed E-state index contributed by atoms with van der Waals surface area (Å²) in [6.07, 6.45) is 3.85. The van der Waals surface area contributed by atoms with Crippen LogP contribution in [0, 0.1) is 0 Å². The molecule has 2 N–H and O–H groups in total. The van der Waals surface area contributed by atoms with Crippen molar-refractivity contribution in [2.45, 2.75) is 49.7 Å². The lowest BCUT2D eigenvalue weighted by atomic mass is 9.69. The molecule has 0 spiro atoms. The smallest absolute Gasteiger partial charge is 0.228 e. The molecule has 2 fully saturated rings. The molecule has 2 aliphatic heterocycles. The zero-order valence-corrected chi connectivity index (χ0v) is 15.2. The highest BCUT2D eigenvalue weighted by Gasteiger charge is 2.52. The fraction of sp³-hybridized carbons (Fsp3) is 0.409. The van der Waals surface area contributed by atoms with Crippen LogP contribution in [0.4, 0.5) is 0 Å². The second kappa shape index (κ2) is 6.76. The average Bonchev–Trinajstić information content (AvgIpc) is 2.91. The quantitative estimate of drug-likeness (QED) is 0.901. The lowest BCUT2D eigenvalue weighted by Gasteiger charge is -2.45. The van der Waals surface area contributed by atoms with E-state index in [2.05, 4.69) is 35.2 Å². The number of nitrogens with two attached hydrogens (primary N) is 1. The molecular weight excluding hydrogens is 324 g/mol. The molecule has 2 atom stereocenters. The third kappa shape index (κ3) is 2.88. The molecule has 1 amide bonds. The molecule has 26 heavy (non-hydrogen) atoms. The Hall–Kier alpha value is -2.33. The Bertz CT molecular complexity index is 776. The number of primary amides is 1. The van der Waals surface area contributed by atoms with Crippen LogP contribution in [-0.4, -0.2) is 30.0 Å². The molecule has 2 saturated heterocycles. The summed E-state index contributed by atoms with van der Waals surface area (Å²) in [5.41, 5.74) is 7.72. The lowest BCUT2D eigenvalue weighted by Crippen LogP contribution is -2.54. The van der Waals surface area contributed by atoms with Crippen LogP contribution in [0.5, 0.6) is 5.75 Å². The van der Waals surface area contributed by atoms with Crippen LogP contribution >= 0.6 is 0 Å². The maximum absolute atomic E-state index is 12.6. The van der Waals surface area contributed by atoms with Crippen molar-refractivity contribution >= 4 is 5.91 Å². The van der Waals surface area contributed by atoms with Gasteiger partial charge in [0.05, 0.1) is 12.5 Å². The third-order valence-electron chi connectivity index (χ3n) is 6.24. The number of fused-ring (bicyclic) bond motifs is 2. The van der Waals surface area contributed by atoms with E-state index in [0.717, 1.165) is 43.5 Å². The Morgan fingerprint density at radius 2 is 1.81 bits per heavy atom. The molecule has 0 aliphatic carbocycles. The second-order valence-electron chi connectivity index (χ2n) is 7.63. The van der Waals surface area contributed by atoms with E-state index >= 15 is 0 Å². The summed E-state index contributed by atoms with van der Waals surface area (Å²) in [4.78, 5) is 15.2. The molecule has 2 aromatic rings. The standard InChI is InChI=1S/C22H26N2O2/c1-26-20-9-5-8-17(12-20)22(21(23)25)13-18-10-11-19(14-22)24(18)15-16-6-3-2-4-7-16/h2-9,12,18-19H,10-11,13-15H2,1H3,(H2,23,25). The maximum atomic E-state index is 12.6. The zero-order chi connectivity index (χ0) is 18.1. The fourth-order valence-corrected chi connectivity index (χ4v) is 4.89. The van der Waals surface area contributed by atoms with Crippen LogP contribution in [0.1, 0.15) is 36.8 Å². The number of methoxy groups -OCH3 is 1. The highest BCUT2D eigenvalue weighted by molar-refractivity contribution is 5.87. The number of carbonyl (C=O) groups is 1. The van der Waals surface area contributed by atoms with E-state index in [4.69, 9.17) is 10.5 Å².